The van der Waals surface area contributed by atoms with Crippen molar-refractivity contribution < 1.29 is 18.0 Å². The first-order chi connectivity index (χ1) is 13.3. The number of sulfone groups is 1. The molecule has 1 atom stereocenters. The van der Waals surface area contributed by atoms with Crippen LogP contribution >= 0.6 is 0 Å². The molecule has 1 aromatic rings. The maximum Gasteiger partial charge on any atom is 0.270 e. The standard InChI is InChI=1S/C20H27N3O4S/c1-3-11-22(13-16-6-4-15(2)5-7-16)20(25)18-8-9-19(24)23(21-18)17-10-12-28(26,27)14-17/h4-7,17H,3,8-14H2,1-2H3. The van der Waals surface area contributed by atoms with Crippen molar-refractivity contribution in [3.05, 3.63) is 35.4 Å². The number of hydrogen-bond donors (Lipinski definition) is 0. The summed E-state index contributed by atoms with van der Waals surface area (Å²) in [6.45, 7) is 5.11. The minimum atomic E-state index is -3.13. The van der Waals surface area contributed by atoms with Crippen LogP contribution in [0.2, 0.25) is 0 Å². The Morgan fingerprint density at radius 2 is 1.96 bits per heavy atom. The van der Waals surface area contributed by atoms with Gasteiger partial charge in [0, 0.05) is 25.9 Å². The van der Waals surface area contributed by atoms with Crippen LogP contribution in [0, 0.1) is 6.92 Å². The zero-order valence-corrected chi connectivity index (χ0v) is 17.2. The van der Waals surface area contributed by atoms with E-state index in [1.165, 1.54) is 5.01 Å². The van der Waals surface area contributed by atoms with Gasteiger partial charge >= 0.3 is 0 Å². The largest absolute Gasteiger partial charge is 0.333 e. The number of carbonyl (C=O) groups excluding carboxylic acids is 2. The highest BCUT2D eigenvalue weighted by atomic mass is 32.2. The molecule has 3 rings (SSSR count). The highest BCUT2D eigenvalue weighted by Gasteiger charge is 2.37. The molecule has 1 saturated heterocycles. The van der Waals surface area contributed by atoms with Gasteiger partial charge in [-0.3, -0.25) is 9.59 Å². The van der Waals surface area contributed by atoms with Crippen molar-refractivity contribution in [3.63, 3.8) is 0 Å². The molecule has 7 nitrogen and oxygen atoms in total. The Morgan fingerprint density at radius 3 is 2.57 bits per heavy atom. The molecule has 1 aromatic carbocycles. The predicted octanol–water partition coefficient (Wildman–Crippen LogP) is 1.90. The number of benzene rings is 1. The second-order valence-corrected chi connectivity index (χ2v) is 9.78. The summed E-state index contributed by atoms with van der Waals surface area (Å²) in [5.74, 6) is -0.401. The summed E-state index contributed by atoms with van der Waals surface area (Å²) in [7, 11) is -3.13. The van der Waals surface area contributed by atoms with Gasteiger partial charge in [-0.2, -0.15) is 5.10 Å². The summed E-state index contributed by atoms with van der Waals surface area (Å²) in [5, 5.41) is 5.56. The van der Waals surface area contributed by atoms with Gasteiger partial charge in [0.15, 0.2) is 9.84 Å². The van der Waals surface area contributed by atoms with Gasteiger partial charge in [0.1, 0.15) is 5.71 Å². The molecule has 0 radical (unpaired) electrons. The molecule has 8 heteroatoms. The fourth-order valence-corrected chi connectivity index (χ4v) is 5.29. The summed E-state index contributed by atoms with van der Waals surface area (Å²) in [6, 6.07) is 7.59. The Balaban J connectivity index is 1.78. The number of carbonyl (C=O) groups is 2. The van der Waals surface area contributed by atoms with E-state index < -0.39 is 15.9 Å². The van der Waals surface area contributed by atoms with Crippen molar-refractivity contribution in [3.8, 4) is 0 Å². The molecule has 28 heavy (non-hydrogen) atoms. The van der Waals surface area contributed by atoms with Crippen molar-refractivity contribution in [2.24, 2.45) is 5.10 Å². The number of hydrogen-bond acceptors (Lipinski definition) is 5. The lowest BCUT2D eigenvalue weighted by Gasteiger charge is -2.30. The SMILES string of the molecule is CCCN(Cc1ccc(C)cc1)C(=O)C1=NN(C2CCS(=O)(=O)C2)C(=O)CC1. The monoisotopic (exact) mass is 405 g/mol. The number of aryl methyl sites for hydroxylation is 1. The molecule has 2 amide bonds. The van der Waals surface area contributed by atoms with Gasteiger partial charge in [-0.25, -0.2) is 13.4 Å². The summed E-state index contributed by atoms with van der Waals surface area (Å²) < 4.78 is 23.5. The lowest BCUT2D eigenvalue weighted by molar-refractivity contribution is -0.134. The first-order valence-corrected chi connectivity index (χ1v) is 11.6. The zero-order valence-electron chi connectivity index (χ0n) is 16.4. The summed E-state index contributed by atoms with van der Waals surface area (Å²) in [4.78, 5) is 27.1. The maximum atomic E-state index is 13.1. The fraction of sp³-hybridized carbons (Fsp3) is 0.550. The van der Waals surface area contributed by atoms with Crippen molar-refractivity contribution in [1.82, 2.24) is 9.91 Å². The molecule has 0 aliphatic carbocycles. The van der Waals surface area contributed by atoms with Crippen LogP contribution in [0.25, 0.3) is 0 Å². The fourth-order valence-electron chi connectivity index (χ4n) is 3.60. The van der Waals surface area contributed by atoms with Gasteiger partial charge in [-0.1, -0.05) is 36.8 Å². The van der Waals surface area contributed by atoms with Gasteiger partial charge in [-0.15, -0.1) is 0 Å². The van der Waals surface area contributed by atoms with E-state index in [1.54, 1.807) is 4.90 Å². The van der Waals surface area contributed by atoms with Crippen molar-refractivity contribution in [2.75, 3.05) is 18.1 Å². The Morgan fingerprint density at radius 1 is 1.25 bits per heavy atom. The Labute approximate surface area is 166 Å². The van der Waals surface area contributed by atoms with E-state index in [9.17, 15) is 18.0 Å². The smallest absolute Gasteiger partial charge is 0.270 e. The molecule has 0 saturated carbocycles. The van der Waals surface area contributed by atoms with Crippen LogP contribution in [0.4, 0.5) is 0 Å². The predicted molar refractivity (Wildman–Crippen MR) is 107 cm³/mol. The summed E-state index contributed by atoms with van der Waals surface area (Å²) in [6.07, 6.45) is 1.67. The molecule has 2 aliphatic heterocycles. The van der Waals surface area contributed by atoms with E-state index in [1.807, 2.05) is 38.1 Å². The second kappa shape index (κ2) is 8.43. The molecule has 0 aromatic heterocycles. The lowest BCUT2D eigenvalue weighted by atomic mass is 10.1. The Kier molecular flexibility index (Phi) is 6.17. The van der Waals surface area contributed by atoms with Crippen LogP contribution in [0.3, 0.4) is 0 Å². The molecule has 0 spiro atoms. The molecule has 1 fully saturated rings. The van der Waals surface area contributed by atoms with Crippen molar-refractivity contribution in [2.45, 2.75) is 52.1 Å². The van der Waals surface area contributed by atoms with Crippen LogP contribution in [0.1, 0.15) is 43.7 Å². The Hall–Kier alpha value is -2.22. The summed E-state index contributed by atoms with van der Waals surface area (Å²) in [5.41, 5.74) is 2.54. The molecular formula is C20H27N3O4S. The molecule has 2 heterocycles. The molecule has 0 bridgehead atoms. The van der Waals surface area contributed by atoms with Crippen LogP contribution in [-0.2, 0) is 26.0 Å². The minimum Gasteiger partial charge on any atom is -0.333 e. The lowest BCUT2D eigenvalue weighted by Crippen LogP contribution is -2.45. The summed E-state index contributed by atoms with van der Waals surface area (Å²) >= 11 is 0. The van der Waals surface area contributed by atoms with E-state index >= 15 is 0 Å². The van der Waals surface area contributed by atoms with E-state index in [0.29, 0.717) is 31.6 Å². The average molecular weight is 406 g/mol. The second-order valence-electron chi connectivity index (χ2n) is 7.55. The van der Waals surface area contributed by atoms with Crippen molar-refractivity contribution >= 4 is 27.4 Å². The van der Waals surface area contributed by atoms with Gasteiger partial charge < -0.3 is 4.90 Å². The zero-order chi connectivity index (χ0) is 20.3. The average Bonchev–Trinajstić information content (AvgIpc) is 3.02. The van der Waals surface area contributed by atoms with Crippen LogP contribution < -0.4 is 0 Å². The quantitative estimate of drug-likeness (QED) is 0.723. The van der Waals surface area contributed by atoms with Gasteiger partial charge in [0.25, 0.3) is 5.91 Å². The first kappa shape index (κ1) is 20.5. The third-order valence-corrected chi connectivity index (χ3v) is 6.89. The normalized spacial score (nSPS) is 21.5. The number of rotatable bonds is 6. The molecule has 152 valence electrons. The molecule has 0 N–H and O–H groups in total. The first-order valence-electron chi connectivity index (χ1n) is 9.74. The Bertz CT molecular complexity index is 877. The van der Waals surface area contributed by atoms with Gasteiger partial charge in [-0.05, 0) is 25.3 Å². The van der Waals surface area contributed by atoms with Gasteiger partial charge in [0.05, 0.1) is 17.5 Å². The van der Waals surface area contributed by atoms with E-state index in [0.717, 1.165) is 17.5 Å². The third kappa shape index (κ3) is 4.79. The minimum absolute atomic E-state index is 0.0651. The molecular weight excluding hydrogens is 378 g/mol. The maximum absolute atomic E-state index is 13.1. The highest BCUT2D eigenvalue weighted by Crippen LogP contribution is 2.23. The molecule has 1 unspecified atom stereocenters. The number of nitrogens with zero attached hydrogens (tertiary/aromatic N) is 3. The highest BCUT2D eigenvalue weighted by molar-refractivity contribution is 7.91. The number of hydrazone groups is 1. The topological polar surface area (TPSA) is 87.1 Å². The van der Waals surface area contributed by atoms with E-state index in [2.05, 4.69) is 5.10 Å². The van der Waals surface area contributed by atoms with E-state index in [4.69, 9.17) is 0 Å². The van der Waals surface area contributed by atoms with Crippen LogP contribution in [-0.4, -0.2) is 59.9 Å². The van der Waals surface area contributed by atoms with Crippen LogP contribution in [0.5, 0.6) is 0 Å². The van der Waals surface area contributed by atoms with Crippen molar-refractivity contribution in [1.29, 1.82) is 0 Å². The van der Waals surface area contributed by atoms with Gasteiger partial charge in [0.2, 0.25) is 5.91 Å². The molecule has 2 aliphatic rings. The van der Waals surface area contributed by atoms with Crippen LogP contribution in [0.15, 0.2) is 29.4 Å². The third-order valence-electron chi connectivity index (χ3n) is 5.14. The van der Waals surface area contributed by atoms with E-state index in [-0.39, 0.29) is 29.7 Å². The number of amides is 2.